The maximum atomic E-state index is 15.4. The van der Waals surface area contributed by atoms with Crippen LogP contribution in [0.5, 0.6) is 0 Å². The molecule has 0 bridgehead atoms. The average Bonchev–Trinajstić information content (AvgIpc) is 3.12. The predicted octanol–water partition coefficient (Wildman–Crippen LogP) is 6.27. The second-order valence-electron chi connectivity index (χ2n) is 12.7. The molecule has 0 radical (unpaired) electrons. The van der Waals surface area contributed by atoms with Gasteiger partial charge in [0.25, 0.3) is 0 Å². The van der Waals surface area contributed by atoms with Gasteiger partial charge in [-0.05, 0) is 59.2 Å². The number of piperazine rings is 1. The van der Waals surface area contributed by atoms with E-state index in [1.54, 1.807) is 16.6 Å². The molecule has 1 fully saturated rings. The van der Waals surface area contributed by atoms with Crippen LogP contribution in [0.1, 0.15) is 40.2 Å². The van der Waals surface area contributed by atoms with Gasteiger partial charge >= 0.3 is 11.8 Å². The average molecular weight is 665 g/mol. The van der Waals surface area contributed by atoms with E-state index in [0.717, 1.165) is 11.5 Å². The quantitative estimate of drug-likeness (QED) is 0.225. The Morgan fingerprint density at radius 3 is 2.42 bits per heavy atom. The van der Waals surface area contributed by atoms with Crippen molar-refractivity contribution in [3.8, 4) is 11.1 Å². The van der Waals surface area contributed by atoms with Gasteiger partial charge in [-0.1, -0.05) is 11.6 Å². The minimum Gasteiger partial charge on any atom is -0.444 e. The highest BCUT2D eigenvalue weighted by Crippen LogP contribution is 2.45. The van der Waals surface area contributed by atoms with Crippen LogP contribution in [0.4, 0.5) is 19.4 Å². The monoisotopic (exact) mass is 664 g/mol. The summed E-state index contributed by atoms with van der Waals surface area (Å²) in [5, 5.41) is 0.519. The molecule has 2 aliphatic rings. The lowest BCUT2D eigenvalue weighted by Crippen LogP contribution is -2.59. The number of aromatic nitrogens is 2. The van der Waals surface area contributed by atoms with Crippen LogP contribution in [0.25, 0.3) is 22.0 Å². The third-order valence-electron chi connectivity index (χ3n) is 7.94. The van der Waals surface area contributed by atoms with Gasteiger partial charge in [0.2, 0.25) is 0 Å². The summed E-state index contributed by atoms with van der Waals surface area (Å²) < 4.78 is 48.0. The molecule has 9 nitrogen and oxygen atoms in total. The predicted molar refractivity (Wildman–Crippen MR) is 173 cm³/mol. The third-order valence-corrected chi connectivity index (χ3v) is 9.45. The Labute approximate surface area is 270 Å². The second-order valence-corrected chi connectivity index (χ2v) is 14.1. The fourth-order valence-corrected chi connectivity index (χ4v) is 7.61. The van der Waals surface area contributed by atoms with Gasteiger partial charge in [0.05, 0.1) is 48.5 Å². The van der Waals surface area contributed by atoms with Gasteiger partial charge < -0.3 is 19.1 Å². The van der Waals surface area contributed by atoms with Crippen LogP contribution < -0.4 is 10.6 Å². The summed E-state index contributed by atoms with van der Waals surface area (Å²) in [4.78, 5) is 35.9. The van der Waals surface area contributed by atoms with Crippen LogP contribution in [-0.4, -0.2) is 83.5 Å². The minimum atomic E-state index is -0.848. The van der Waals surface area contributed by atoms with Gasteiger partial charge in [-0.3, -0.25) is 9.47 Å². The Morgan fingerprint density at radius 2 is 1.78 bits per heavy atom. The molecule has 45 heavy (non-hydrogen) atoms. The maximum Gasteiger partial charge on any atom is 0.410 e. The van der Waals surface area contributed by atoms with Gasteiger partial charge in [-0.2, -0.15) is 4.98 Å². The summed E-state index contributed by atoms with van der Waals surface area (Å²) >= 11 is 7.59. The first kappa shape index (κ1) is 33.4. The first-order chi connectivity index (χ1) is 21.2. The van der Waals surface area contributed by atoms with Gasteiger partial charge in [0, 0.05) is 53.4 Å². The summed E-state index contributed by atoms with van der Waals surface area (Å²) in [5.74, 6) is -0.636. The number of benzene rings is 2. The van der Waals surface area contributed by atoms with Crippen LogP contribution in [-0.2, 0) is 20.8 Å². The van der Waals surface area contributed by atoms with Gasteiger partial charge in [-0.15, -0.1) is 11.8 Å². The van der Waals surface area contributed by atoms with Crippen LogP contribution in [0.2, 0.25) is 5.02 Å². The second kappa shape index (κ2) is 13.1. The number of methoxy groups -OCH3 is 1. The largest absolute Gasteiger partial charge is 0.444 e. The highest BCUT2D eigenvalue weighted by Gasteiger charge is 2.37. The van der Waals surface area contributed by atoms with E-state index >= 15 is 4.39 Å². The zero-order valence-corrected chi connectivity index (χ0v) is 28.2. The van der Waals surface area contributed by atoms with Crippen molar-refractivity contribution in [1.82, 2.24) is 14.5 Å². The Balaban J connectivity index is 1.66. The van der Waals surface area contributed by atoms with Crippen LogP contribution in [0.15, 0.2) is 27.9 Å². The van der Waals surface area contributed by atoms with Crippen molar-refractivity contribution in [3.63, 3.8) is 0 Å². The Morgan fingerprint density at radius 1 is 1.09 bits per heavy atom. The molecule has 2 aliphatic heterocycles. The molecule has 0 N–H and O–H groups in total. The Bertz CT molecular complexity index is 1670. The van der Waals surface area contributed by atoms with Gasteiger partial charge in [0.1, 0.15) is 23.1 Å². The number of nitrogens with zero attached hydrogens (tertiary/aromatic N) is 4. The maximum absolute atomic E-state index is 15.4. The summed E-state index contributed by atoms with van der Waals surface area (Å²) in [6.07, 6.45) is -0.738. The molecule has 0 unspecified atom stereocenters. The molecule has 3 atom stereocenters. The highest BCUT2D eigenvalue weighted by molar-refractivity contribution is 7.99. The zero-order valence-electron chi connectivity index (χ0n) is 26.6. The number of carbonyl (C=O) groups is 1. The molecule has 0 aliphatic carbocycles. The number of halogens is 3. The summed E-state index contributed by atoms with van der Waals surface area (Å²) in [7, 11) is 1.59. The van der Waals surface area contributed by atoms with Gasteiger partial charge in [-0.25, -0.2) is 18.4 Å². The molecule has 0 spiro atoms. The number of carbonyl (C=O) groups excluding carboxylic acids is 1. The number of hydrogen-bond donors (Lipinski definition) is 0. The minimum absolute atomic E-state index is 0.146. The molecule has 244 valence electrons. The van der Waals surface area contributed by atoms with E-state index in [9.17, 15) is 14.0 Å². The van der Waals surface area contributed by atoms with Crippen molar-refractivity contribution in [2.24, 2.45) is 0 Å². The number of anilines is 1. The van der Waals surface area contributed by atoms with Crippen LogP contribution in [0, 0.1) is 18.6 Å². The van der Waals surface area contributed by atoms with Crippen molar-refractivity contribution in [2.45, 2.75) is 76.8 Å². The number of ether oxygens (including phenoxy) is 3. The van der Waals surface area contributed by atoms with E-state index in [1.165, 1.54) is 17.8 Å². The molecule has 1 amide bonds. The van der Waals surface area contributed by atoms with E-state index in [0.29, 0.717) is 59.4 Å². The molecule has 3 aromatic rings. The molecule has 1 aromatic heterocycles. The molecule has 2 aromatic carbocycles. The molecule has 1 saturated heterocycles. The molecule has 3 heterocycles. The lowest BCUT2D eigenvalue weighted by Gasteiger charge is -2.45. The third kappa shape index (κ3) is 6.79. The summed E-state index contributed by atoms with van der Waals surface area (Å²) in [6, 6.07) is 3.50. The highest BCUT2D eigenvalue weighted by atomic mass is 35.5. The first-order valence-electron chi connectivity index (χ1n) is 14.9. The van der Waals surface area contributed by atoms with E-state index < -0.39 is 22.9 Å². The molecule has 0 saturated carbocycles. The van der Waals surface area contributed by atoms with Gasteiger partial charge in [0.15, 0.2) is 0 Å². The topological polar surface area (TPSA) is 86.1 Å². The number of hydrogen-bond acceptors (Lipinski definition) is 8. The summed E-state index contributed by atoms with van der Waals surface area (Å²) in [5.41, 5.74) is 0.892. The first-order valence-corrected chi connectivity index (χ1v) is 16.3. The Hall–Kier alpha value is -2.93. The molecular weight excluding hydrogens is 626 g/mol. The van der Waals surface area contributed by atoms with Crippen molar-refractivity contribution in [1.29, 1.82) is 0 Å². The summed E-state index contributed by atoms with van der Waals surface area (Å²) in [6.45, 7) is 13.0. The van der Waals surface area contributed by atoms with Crippen molar-refractivity contribution in [2.75, 3.05) is 44.1 Å². The van der Waals surface area contributed by atoms with Crippen LogP contribution >= 0.6 is 23.4 Å². The van der Waals surface area contributed by atoms with Crippen molar-refractivity contribution in [3.05, 3.63) is 50.9 Å². The van der Waals surface area contributed by atoms with Crippen molar-refractivity contribution < 1.29 is 27.8 Å². The lowest BCUT2D eigenvalue weighted by molar-refractivity contribution is 0.00561. The van der Waals surface area contributed by atoms with E-state index in [1.807, 2.05) is 52.5 Å². The number of rotatable bonds is 6. The number of aryl methyl sites for hydroxylation is 1. The van der Waals surface area contributed by atoms with E-state index in [4.69, 9.17) is 25.8 Å². The molecule has 5 rings (SSSR count). The SMILES string of the molecule is COCCO[C@H]1CSc2c(-c3cc(Cl)c(F)cc3F)c(C)cc3c(N4C[C@@H](C)N(C(=O)OC(C)(C)C)[C@@H](C)C4)nc(=O)n(c23)C1. The smallest absolute Gasteiger partial charge is 0.410 e. The Kier molecular flexibility index (Phi) is 9.70. The number of thioether (sulfide) groups is 1. The number of amides is 1. The standard InChI is InChI=1S/C32H39ClF2N4O5S/c1-17-10-22-27-28(26(17)21-11-23(33)25(35)12-24(21)34)45-16-20(43-9-8-42-7)15-38(27)30(40)36-29(22)37-13-18(2)39(19(3)14-37)31(41)44-32(4,5)6/h10-12,18-20H,8-9,13-16H2,1-7H3/t18-,19+,20-/m1/s1. The fraction of sp³-hybridized carbons (Fsp3) is 0.531. The van der Waals surface area contributed by atoms with E-state index in [-0.39, 0.29) is 41.4 Å². The fourth-order valence-electron chi connectivity index (χ4n) is 6.12. The molecule has 13 heteroatoms. The molecular formula is C32H39ClF2N4O5S. The zero-order chi connectivity index (χ0) is 32.8. The van der Waals surface area contributed by atoms with E-state index in [2.05, 4.69) is 4.98 Å². The lowest BCUT2D eigenvalue weighted by atomic mass is 9.97. The normalized spacial score (nSPS) is 20.4. The van der Waals surface area contributed by atoms with Crippen molar-refractivity contribution >= 4 is 46.2 Å². The van der Waals surface area contributed by atoms with Crippen LogP contribution in [0.3, 0.4) is 0 Å².